The Hall–Kier alpha value is -2.04. The van der Waals surface area contributed by atoms with Gasteiger partial charge in [0.2, 0.25) is 0 Å². The quantitative estimate of drug-likeness (QED) is 0.872. The van der Waals surface area contributed by atoms with Crippen LogP contribution in [0.25, 0.3) is 0 Å². The Morgan fingerprint density at radius 1 is 1.14 bits per heavy atom. The van der Waals surface area contributed by atoms with E-state index in [9.17, 15) is 14.7 Å². The molecule has 0 aliphatic heterocycles. The van der Waals surface area contributed by atoms with E-state index in [1.807, 2.05) is 0 Å². The fraction of sp³-hybridized carbons (Fsp3) is 0.500. The standard InChI is InChI=1S/C16H21NO4/c1-16(2,3)21-15(20)17-13-9-11-7-5-4-6-10(11)8-12(13)14(18)19/h8-9H,4-7H2,1-3H3,(H,17,20)(H,18,19). The van der Waals surface area contributed by atoms with Crippen molar-refractivity contribution in [2.24, 2.45) is 0 Å². The van der Waals surface area contributed by atoms with E-state index >= 15 is 0 Å². The van der Waals surface area contributed by atoms with Crippen molar-refractivity contribution in [3.63, 3.8) is 0 Å². The minimum Gasteiger partial charge on any atom is -0.478 e. The maximum absolute atomic E-state index is 11.8. The normalized spacial score (nSPS) is 14.2. The van der Waals surface area contributed by atoms with Gasteiger partial charge in [0, 0.05) is 0 Å². The average molecular weight is 291 g/mol. The first kappa shape index (κ1) is 15.4. The number of hydrogen-bond donors (Lipinski definition) is 2. The van der Waals surface area contributed by atoms with Gasteiger partial charge in [-0.1, -0.05) is 0 Å². The number of carbonyl (C=O) groups excluding carboxylic acids is 1. The number of nitrogens with one attached hydrogen (secondary N) is 1. The zero-order valence-corrected chi connectivity index (χ0v) is 12.7. The number of anilines is 1. The molecule has 0 radical (unpaired) electrons. The van der Waals surface area contributed by atoms with Crippen LogP contribution in [0.3, 0.4) is 0 Å². The molecule has 0 aromatic heterocycles. The Bertz CT molecular complexity index is 572. The van der Waals surface area contributed by atoms with Gasteiger partial charge in [-0.15, -0.1) is 0 Å². The number of benzene rings is 1. The monoisotopic (exact) mass is 291 g/mol. The molecule has 21 heavy (non-hydrogen) atoms. The smallest absolute Gasteiger partial charge is 0.412 e. The summed E-state index contributed by atoms with van der Waals surface area (Å²) in [5, 5.41) is 11.9. The maximum atomic E-state index is 11.8. The van der Waals surface area contributed by atoms with Crippen molar-refractivity contribution in [2.75, 3.05) is 5.32 Å². The number of aryl methyl sites for hydroxylation is 2. The Balaban J connectivity index is 2.29. The Morgan fingerprint density at radius 3 is 2.24 bits per heavy atom. The fourth-order valence-corrected chi connectivity index (χ4v) is 2.48. The molecule has 0 saturated carbocycles. The van der Waals surface area contributed by atoms with Gasteiger partial charge in [-0.05, 0) is 69.7 Å². The minimum absolute atomic E-state index is 0.113. The topological polar surface area (TPSA) is 75.6 Å². The zero-order valence-electron chi connectivity index (χ0n) is 12.7. The fourth-order valence-electron chi connectivity index (χ4n) is 2.48. The molecule has 5 heteroatoms. The van der Waals surface area contributed by atoms with Gasteiger partial charge in [-0.25, -0.2) is 9.59 Å². The molecule has 1 aliphatic carbocycles. The average Bonchev–Trinajstić information content (AvgIpc) is 2.35. The number of rotatable bonds is 2. The lowest BCUT2D eigenvalue weighted by atomic mass is 9.89. The molecule has 1 aromatic rings. The van der Waals surface area contributed by atoms with Crippen LogP contribution < -0.4 is 5.32 Å². The second-order valence-corrected chi connectivity index (χ2v) is 6.31. The van der Waals surface area contributed by atoms with Gasteiger partial charge in [-0.3, -0.25) is 5.32 Å². The van der Waals surface area contributed by atoms with E-state index in [-0.39, 0.29) is 5.56 Å². The van der Waals surface area contributed by atoms with Crippen LogP contribution >= 0.6 is 0 Å². The molecule has 1 aromatic carbocycles. The number of fused-ring (bicyclic) bond motifs is 1. The Kier molecular flexibility index (Phi) is 4.21. The molecule has 0 atom stereocenters. The first-order chi connectivity index (χ1) is 9.76. The van der Waals surface area contributed by atoms with Gasteiger partial charge < -0.3 is 9.84 Å². The third kappa shape index (κ3) is 3.97. The van der Waals surface area contributed by atoms with Gasteiger partial charge in [0.05, 0.1) is 11.3 Å². The van der Waals surface area contributed by atoms with Crippen LogP contribution in [0.4, 0.5) is 10.5 Å². The lowest BCUT2D eigenvalue weighted by Gasteiger charge is -2.22. The number of aromatic carboxylic acids is 1. The lowest BCUT2D eigenvalue weighted by molar-refractivity contribution is 0.0636. The summed E-state index contributed by atoms with van der Waals surface area (Å²) in [7, 11) is 0. The molecule has 2 rings (SSSR count). The Morgan fingerprint density at radius 2 is 1.71 bits per heavy atom. The number of carbonyl (C=O) groups is 2. The van der Waals surface area contributed by atoms with E-state index in [2.05, 4.69) is 5.32 Å². The van der Waals surface area contributed by atoms with Crippen LogP contribution in [0.5, 0.6) is 0 Å². The Labute approximate surface area is 124 Å². The van der Waals surface area contributed by atoms with Gasteiger partial charge >= 0.3 is 12.1 Å². The summed E-state index contributed by atoms with van der Waals surface area (Å²) in [6.07, 6.45) is 3.33. The molecule has 0 saturated heterocycles. The van der Waals surface area contributed by atoms with Crippen molar-refractivity contribution < 1.29 is 19.4 Å². The van der Waals surface area contributed by atoms with Gasteiger partial charge in [0.15, 0.2) is 0 Å². The number of carboxylic acid groups (broad SMARTS) is 1. The van der Waals surface area contributed by atoms with Gasteiger partial charge in [0.25, 0.3) is 0 Å². The molecule has 114 valence electrons. The number of carboxylic acids is 1. The molecule has 1 amide bonds. The molecule has 5 nitrogen and oxygen atoms in total. The molecule has 0 bridgehead atoms. The highest BCUT2D eigenvalue weighted by Crippen LogP contribution is 2.28. The molecule has 0 fully saturated rings. The highest BCUT2D eigenvalue weighted by atomic mass is 16.6. The summed E-state index contributed by atoms with van der Waals surface area (Å²) < 4.78 is 5.18. The summed E-state index contributed by atoms with van der Waals surface area (Å²) >= 11 is 0. The van der Waals surface area contributed by atoms with E-state index in [1.165, 1.54) is 0 Å². The van der Waals surface area contributed by atoms with E-state index in [0.29, 0.717) is 5.69 Å². The van der Waals surface area contributed by atoms with Crippen LogP contribution in [0.15, 0.2) is 12.1 Å². The van der Waals surface area contributed by atoms with Gasteiger partial charge in [0.1, 0.15) is 5.60 Å². The molecular formula is C16H21NO4. The highest BCUT2D eigenvalue weighted by Gasteiger charge is 2.21. The van der Waals surface area contributed by atoms with Crippen LogP contribution in [-0.2, 0) is 17.6 Å². The van der Waals surface area contributed by atoms with E-state index in [4.69, 9.17) is 4.74 Å². The summed E-state index contributed by atoms with van der Waals surface area (Å²) in [5.41, 5.74) is 1.96. The highest BCUT2D eigenvalue weighted by molar-refractivity contribution is 5.99. The second-order valence-electron chi connectivity index (χ2n) is 6.31. The molecule has 2 N–H and O–H groups in total. The largest absolute Gasteiger partial charge is 0.478 e. The second kappa shape index (κ2) is 5.76. The van der Waals surface area contributed by atoms with Crippen LogP contribution in [0, 0.1) is 0 Å². The van der Waals surface area contributed by atoms with Gasteiger partial charge in [-0.2, -0.15) is 0 Å². The summed E-state index contributed by atoms with van der Waals surface area (Å²) in [6.45, 7) is 5.28. The zero-order chi connectivity index (χ0) is 15.6. The number of hydrogen-bond acceptors (Lipinski definition) is 3. The van der Waals surface area contributed by atoms with E-state index in [0.717, 1.165) is 36.8 Å². The predicted molar refractivity (Wildman–Crippen MR) is 79.9 cm³/mol. The third-order valence-electron chi connectivity index (χ3n) is 3.35. The van der Waals surface area contributed by atoms with Crippen molar-refractivity contribution in [3.05, 3.63) is 28.8 Å². The van der Waals surface area contributed by atoms with Crippen molar-refractivity contribution in [2.45, 2.75) is 52.1 Å². The molecule has 0 heterocycles. The third-order valence-corrected chi connectivity index (χ3v) is 3.35. The minimum atomic E-state index is -1.05. The lowest BCUT2D eigenvalue weighted by Crippen LogP contribution is -2.28. The van der Waals surface area contributed by atoms with Crippen LogP contribution in [0.1, 0.15) is 55.1 Å². The maximum Gasteiger partial charge on any atom is 0.412 e. The molecule has 1 aliphatic rings. The first-order valence-electron chi connectivity index (χ1n) is 7.15. The van der Waals surface area contributed by atoms with Crippen molar-refractivity contribution in [1.82, 2.24) is 0 Å². The predicted octanol–water partition coefficient (Wildman–Crippen LogP) is 3.61. The first-order valence-corrected chi connectivity index (χ1v) is 7.15. The SMILES string of the molecule is CC(C)(C)OC(=O)Nc1cc2c(cc1C(=O)O)CCCC2. The van der Waals surface area contributed by atoms with Crippen LogP contribution in [-0.4, -0.2) is 22.8 Å². The molecular weight excluding hydrogens is 270 g/mol. The van der Waals surface area contributed by atoms with E-state index in [1.54, 1.807) is 32.9 Å². The summed E-state index contributed by atoms with van der Waals surface area (Å²) in [5.74, 6) is -1.05. The van der Waals surface area contributed by atoms with Crippen molar-refractivity contribution in [1.29, 1.82) is 0 Å². The van der Waals surface area contributed by atoms with Crippen molar-refractivity contribution >= 4 is 17.7 Å². The number of ether oxygens (including phenoxy) is 1. The van der Waals surface area contributed by atoms with Crippen LogP contribution in [0.2, 0.25) is 0 Å². The summed E-state index contributed by atoms with van der Waals surface area (Å²) in [4.78, 5) is 23.2. The summed E-state index contributed by atoms with van der Waals surface area (Å²) in [6, 6.07) is 3.44. The molecule has 0 unspecified atom stereocenters. The van der Waals surface area contributed by atoms with Crippen molar-refractivity contribution in [3.8, 4) is 0 Å². The van der Waals surface area contributed by atoms with E-state index < -0.39 is 17.7 Å². The number of amides is 1. The molecule has 0 spiro atoms.